The van der Waals surface area contributed by atoms with Crippen molar-refractivity contribution in [2.24, 2.45) is 0 Å². The van der Waals surface area contributed by atoms with Gasteiger partial charge in [-0.05, 0) is 31.9 Å². The van der Waals surface area contributed by atoms with Gasteiger partial charge in [0.2, 0.25) is 5.91 Å². The van der Waals surface area contributed by atoms with E-state index in [1.54, 1.807) is 19.4 Å². The quantitative estimate of drug-likeness (QED) is 0.663. The first-order valence-electron chi connectivity index (χ1n) is 9.51. The number of methoxy groups -OCH3 is 1. The predicted molar refractivity (Wildman–Crippen MR) is 111 cm³/mol. The number of ether oxygens (including phenoxy) is 1. The number of likely N-dealkylation sites (tertiary alicyclic amines) is 1. The van der Waals surface area contributed by atoms with Crippen molar-refractivity contribution in [3.63, 3.8) is 0 Å². The zero-order valence-electron chi connectivity index (χ0n) is 16.4. The van der Waals surface area contributed by atoms with Crippen molar-refractivity contribution in [1.29, 1.82) is 0 Å². The number of anilines is 1. The summed E-state index contributed by atoms with van der Waals surface area (Å²) in [6.07, 6.45) is 3.89. The van der Waals surface area contributed by atoms with Gasteiger partial charge in [0.05, 0.1) is 12.6 Å². The molecule has 0 aromatic carbocycles. The molecule has 3 aromatic heterocycles. The number of aromatic nitrogens is 3. The van der Waals surface area contributed by atoms with Gasteiger partial charge in [0.15, 0.2) is 11.6 Å². The summed E-state index contributed by atoms with van der Waals surface area (Å²) in [6, 6.07) is 5.42. The summed E-state index contributed by atoms with van der Waals surface area (Å²) in [6.45, 7) is 3.87. The molecular formula is C20H23N5O3S. The fourth-order valence-corrected chi connectivity index (χ4v) is 3.92. The number of amides is 1. The first-order valence-corrected chi connectivity index (χ1v) is 10.4. The molecule has 1 fully saturated rings. The fraction of sp³-hybridized carbons (Fsp3) is 0.400. The normalized spacial score (nSPS) is 15.5. The Labute approximate surface area is 173 Å². The van der Waals surface area contributed by atoms with Crippen LogP contribution < -0.4 is 5.32 Å². The molecule has 4 heterocycles. The average molecular weight is 414 g/mol. The minimum Gasteiger partial charge on any atom is -0.458 e. The van der Waals surface area contributed by atoms with Crippen LogP contribution in [0.15, 0.2) is 34.2 Å². The van der Waals surface area contributed by atoms with Crippen molar-refractivity contribution >= 4 is 23.1 Å². The molecule has 8 nitrogen and oxygen atoms in total. The van der Waals surface area contributed by atoms with E-state index < -0.39 is 0 Å². The highest BCUT2D eigenvalue weighted by Gasteiger charge is 2.21. The summed E-state index contributed by atoms with van der Waals surface area (Å²) in [4.78, 5) is 28.1. The smallest absolute Gasteiger partial charge is 0.239 e. The zero-order chi connectivity index (χ0) is 20.2. The highest BCUT2D eigenvalue weighted by atomic mass is 32.1. The van der Waals surface area contributed by atoms with Crippen LogP contribution in [0.25, 0.3) is 22.3 Å². The standard InChI is InChI=1S/C20H23N5O3S/c1-13-3-4-16(28-13)19-22-15(20-21-7-10-29-20)11-17(24-19)23-18(26)12-25-8-5-14(27-2)6-9-25/h3-4,7,10-11,14H,5-6,8-9,12H2,1-2H3,(H,22,23,24,26). The minimum absolute atomic E-state index is 0.105. The van der Waals surface area contributed by atoms with Gasteiger partial charge < -0.3 is 14.5 Å². The van der Waals surface area contributed by atoms with Gasteiger partial charge in [0.25, 0.3) is 0 Å². The number of nitrogens with one attached hydrogen (secondary N) is 1. The number of nitrogens with zero attached hydrogens (tertiary/aromatic N) is 4. The topological polar surface area (TPSA) is 93.4 Å². The molecule has 0 bridgehead atoms. The van der Waals surface area contributed by atoms with E-state index in [4.69, 9.17) is 9.15 Å². The lowest BCUT2D eigenvalue weighted by atomic mass is 10.1. The van der Waals surface area contributed by atoms with Gasteiger partial charge in [0, 0.05) is 37.8 Å². The molecule has 4 rings (SSSR count). The van der Waals surface area contributed by atoms with Gasteiger partial charge in [-0.1, -0.05) is 0 Å². The molecule has 9 heteroatoms. The van der Waals surface area contributed by atoms with Gasteiger partial charge >= 0.3 is 0 Å². The lowest BCUT2D eigenvalue weighted by molar-refractivity contribution is -0.117. The number of carbonyl (C=O) groups excluding carboxylic acids is 1. The van der Waals surface area contributed by atoms with E-state index in [0.717, 1.165) is 36.7 Å². The van der Waals surface area contributed by atoms with E-state index in [-0.39, 0.29) is 12.0 Å². The fourth-order valence-electron chi connectivity index (χ4n) is 3.32. The van der Waals surface area contributed by atoms with Gasteiger partial charge in [0.1, 0.15) is 22.3 Å². The molecule has 1 aliphatic heterocycles. The molecule has 3 aromatic rings. The molecule has 0 radical (unpaired) electrons. The second-order valence-corrected chi connectivity index (χ2v) is 7.86. The second-order valence-electron chi connectivity index (χ2n) is 6.97. The summed E-state index contributed by atoms with van der Waals surface area (Å²) in [5.74, 6) is 2.07. The number of piperidine rings is 1. The molecule has 152 valence electrons. The molecule has 0 atom stereocenters. The van der Waals surface area contributed by atoms with Gasteiger partial charge in [-0.3, -0.25) is 9.69 Å². The van der Waals surface area contributed by atoms with Crippen LogP contribution >= 0.6 is 11.3 Å². The first kappa shape index (κ1) is 19.7. The van der Waals surface area contributed by atoms with Crippen LogP contribution in [0.3, 0.4) is 0 Å². The lowest BCUT2D eigenvalue weighted by Crippen LogP contribution is -2.41. The largest absolute Gasteiger partial charge is 0.458 e. The number of hydrogen-bond donors (Lipinski definition) is 1. The minimum atomic E-state index is -0.105. The summed E-state index contributed by atoms with van der Waals surface area (Å²) >= 11 is 1.48. The Morgan fingerprint density at radius 3 is 2.83 bits per heavy atom. The van der Waals surface area contributed by atoms with E-state index in [2.05, 4.69) is 25.2 Å². The summed E-state index contributed by atoms with van der Waals surface area (Å²) in [7, 11) is 1.74. The molecule has 29 heavy (non-hydrogen) atoms. The van der Waals surface area contributed by atoms with Crippen molar-refractivity contribution in [3.8, 4) is 22.3 Å². The number of hydrogen-bond acceptors (Lipinski definition) is 8. The van der Waals surface area contributed by atoms with E-state index >= 15 is 0 Å². The lowest BCUT2D eigenvalue weighted by Gasteiger charge is -2.30. The Kier molecular flexibility index (Phi) is 5.98. The molecule has 1 saturated heterocycles. The Morgan fingerprint density at radius 2 is 2.17 bits per heavy atom. The summed E-state index contributed by atoms with van der Waals surface area (Å²) in [5.41, 5.74) is 0.648. The summed E-state index contributed by atoms with van der Waals surface area (Å²) in [5, 5.41) is 5.55. The van der Waals surface area contributed by atoms with Crippen LogP contribution in [-0.4, -0.2) is 58.6 Å². The maximum Gasteiger partial charge on any atom is 0.239 e. The van der Waals surface area contributed by atoms with Crippen molar-refractivity contribution in [2.75, 3.05) is 32.1 Å². The number of rotatable bonds is 6. The maximum absolute atomic E-state index is 12.6. The van der Waals surface area contributed by atoms with Crippen molar-refractivity contribution < 1.29 is 13.9 Å². The Hall–Kier alpha value is -2.62. The van der Waals surface area contributed by atoms with Crippen molar-refractivity contribution in [1.82, 2.24) is 19.9 Å². The molecular weight excluding hydrogens is 390 g/mol. The van der Waals surface area contributed by atoms with Crippen LogP contribution in [-0.2, 0) is 9.53 Å². The first-order chi connectivity index (χ1) is 14.1. The van der Waals surface area contributed by atoms with E-state index in [1.807, 2.05) is 24.4 Å². The summed E-state index contributed by atoms with van der Waals surface area (Å²) < 4.78 is 11.1. The molecule has 1 aliphatic rings. The molecule has 0 spiro atoms. The van der Waals surface area contributed by atoms with Crippen LogP contribution in [0.4, 0.5) is 5.82 Å². The molecule has 1 N–H and O–H groups in total. The van der Waals surface area contributed by atoms with Gasteiger partial charge in [-0.25, -0.2) is 15.0 Å². The number of aryl methyl sites for hydroxylation is 1. The second kappa shape index (κ2) is 8.81. The number of thiazole rings is 1. The Balaban J connectivity index is 1.51. The predicted octanol–water partition coefficient (Wildman–Crippen LogP) is 3.22. The van der Waals surface area contributed by atoms with Crippen LogP contribution in [0, 0.1) is 6.92 Å². The molecule has 0 aliphatic carbocycles. The van der Waals surface area contributed by atoms with Crippen LogP contribution in [0.5, 0.6) is 0 Å². The third-order valence-corrected chi connectivity index (χ3v) is 5.64. The third kappa shape index (κ3) is 4.87. The van der Waals surface area contributed by atoms with Crippen molar-refractivity contribution in [2.45, 2.75) is 25.9 Å². The van der Waals surface area contributed by atoms with Crippen LogP contribution in [0.1, 0.15) is 18.6 Å². The molecule has 1 amide bonds. The van der Waals surface area contributed by atoms with Crippen LogP contribution in [0.2, 0.25) is 0 Å². The Bertz CT molecular complexity index is 964. The third-order valence-electron chi connectivity index (χ3n) is 4.84. The number of furan rings is 1. The van der Waals surface area contributed by atoms with E-state index in [9.17, 15) is 4.79 Å². The molecule has 0 unspecified atom stereocenters. The highest BCUT2D eigenvalue weighted by Crippen LogP contribution is 2.26. The van der Waals surface area contributed by atoms with E-state index in [1.165, 1.54) is 11.3 Å². The van der Waals surface area contributed by atoms with E-state index in [0.29, 0.717) is 29.6 Å². The Morgan fingerprint density at radius 1 is 1.34 bits per heavy atom. The van der Waals surface area contributed by atoms with Gasteiger partial charge in [-0.15, -0.1) is 11.3 Å². The zero-order valence-corrected chi connectivity index (χ0v) is 17.2. The highest BCUT2D eigenvalue weighted by molar-refractivity contribution is 7.13. The SMILES string of the molecule is COC1CCN(CC(=O)Nc2cc(-c3nccs3)nc(-c3ccc(C)o3)n2)CC1. The number of carbonyl (C=O) groups is 1. The molecule has 0 saturated carbocycles. The van der Waals surface area contributed by atoms with Gasteiger partial charge in [-0.2, -0.15) is 0 Å². The maximum atomic E-state index is 12.6. The average Bonchev–Trinajstić information content (AvgIpc) is 3.40. The van der Waals surface area contributed by atoms with Crippen molar-refractivity contribution in [3.05, 3.63) is 35.5 Å². The monoisotopic (exact) mass is 413 g/mol.